The number of carbonyl (C=O) groups excluding carboxylic acids is 1. The van der Waals surface area contributed by atoms with E-state index in [1.165, 1.54) is 0 Å². The second-order valence-electron chi connectivity index (χ2n) is 3.76. The topological polar surface area (TPSA) is 39.2 Å². The summed E-state index contributed by atoms with van der Waals surface area (Å²) in [6.45, 7) is 4.33. The third-order valence-electron chi connectivity index (χ3n) is 2.41. The van der Waals surface area contributed by atoms with Gasteiger partial charge in [0.15, 0.2) is 0 Å². The Morgan fingerprint density at radius 1 is 1.39 bits per heavy atom. The van der Waals surface area contributed by atoms with Crippen molar-refractivity contribution in [3.05, 3.63) is 46.1 Å². The minimum absolute atomic E-state index is 0.179. The van der Waals surface area contributed by atoms with E-state index in [2.05, 4.69) is 4.37 Å². The zero-order valence-electron chi connectivity index (χ0n) is 10.1. The number of ketones is 1. The third-order valence-corrected chi connectivity index (χ3v) is 3.64. The van der Waals surface area contributed by atoms with Gasteiger partial charge in [-0.15, -0.1) is 0 Å². The summed E-state index contributed by atoms with van der Waals surface area (Å²) in [7, 11) is 0. The lowest BCUT2D eigenvalue weighted by molar-refractivity contribution is 0.103. The molecule has 1 aromatic heterocycles. The van der Waals surface area contributed by atoms with Crippen molar-refractivity contribution in [2.75, 3.05) is 6.61 Å². The van der Waals surface area contributed by atoms with Crippen LogP contribution in [0.25, 0.3) is 0 Å². The molecule has 0 aliphatic carbocycles. The molecule has 0 saturated heterocycles. The van der Waals surface area contributed by atoms with Gasteiger partial charge in [0.05, 0.1) is 6.61 Å². The van der Waals surface area contributed by atoms with Gasteiger partial charge in [0.1, 0.15) is 10.7 Å². The maximum atomic E-state index is 12.2. The van der Waals surface area contributed by atoms with Crippen LogP contribution in [0.1, 0.15) is 28.5 Å². The molecule has 0 saturated carbocycles. The Bertz CT molecular complexity index is 563. The Hall–Kier alpha value is -1.39. The second-order valence-corrected chi connectivity index (χ2v) is 4.87. The molecule has 0 aliphatic rings. The second kappa shape index (κ2) is 5.50. The molecule has 1 aromatic carbocycles. The van der Waals surface area contributed by atoms with Crippen LogP contribution in [-0.4, -0.2) is 16.8 Å². The van der Waals surface area contributed by atoms with E-state index in [0.717, 1.165) is 17.1 Å². The first-order chi connectivity index (χ1) is 8.63. The van der Waals surface area contributed by atoms with E-state index in [1.807, 2.05) is 26.0 Å². The number of halogens is 1. The fraction of sp³-hybridized carbons (Fsp3) is 0.231. The number of aromatic nitrogens is 1. The highest BCUT2D eigenvalue weighted by molar-refractivity contribution is 7.08. The first-order valence-corrected chi connectivity index (χ1v) is 6.68. The van der Waals surface area contributed by atoms with E-state index in [1.54, 1.807) is 12.1 Å². The average molecular weight is 282 g/mol. The summed E-state index contributed by atoms with van der Waals surface area (Å²) in [6, 6.07) is 7.31. The smallest absolute Gasteiger partial charge is 0.214 e. The molecule has 0 bridgehead atoms. The molecule has 5 heteroatoms. The van der Waals surface area contributed by atoms with E-state index in [-0.39, 0.29) is 11.5 Å². The van der Waals surface area contributed by atoms with Crippen molar-refractivity contribution in [1.82, 2.24) is 4.37 Å². The lowest BCUT2D eigenvalue weighted by Crippen LogP contribution is -2.02. The zero-order chi connectivity index (χ0) is 13.1. The fourth-order valence-electron chi connectivity index (χ4n) is 1.47. The van der Waals surface area contributed by atoms with Crippen LogP contribution in [0.2, 0.25) is 5.02 Å². The summed E-state index contributed by atoms with van der Waals surface area (Å²) in [6.07, 6.45) is 0. The first-order valence-electron chi connectivity index (χ1n) is 5.52. The molecule has 18 heavy (non-hydrogen) atoms. The fourth-order valence-corrected chi connectivity index (χ4v) is 2.50. The largest absolute Gasteiger partial charge is 0.482 e. The maximum Gasteiger partial charge on any atom is 0.214 e. The predicted octanol–water partition coefficient (Wildman–Crippen LogP) is 3.73. The van der Waals surface area contributed by atoms with Crippen LogP contribution < -0.4 is 4.74 Å². The molecule has 3 nitrogen and oxygen atoms in total. The summed E-state index contributed by atoms with van der Waals surface area (Å²) in [5.74, 6) is -0.179. The number of nitrogens with zero attached hydrogens (tertiary/aromatic N) is 1. The van der Waals surface area contributed by atoms with Gasteiger partial charge < -0.3 is 4.74 Å². The van der Waals surface area contributed by atoms with Gasteiger partial charge in [-0.1, -0.05) is 41.4 Å². The van der Waals surface area contributed by atoms with Crippen LogP contribution in [0.5, 0.6) is 5.06 Å². The van der Waals surface area contributed by atoms with Gasteiger partial charge in [-0.25, -0.2) is 0 Å². The van der Waals surface area contributed by atoms with Gasteiger partial charge in [0.25, 0.3) is 0 Å². The zero-order valence-corrected chi connectivity index (χ0v) is 11.6. The highest BCUT2D eigenvalue weighted by Gasteiger charge is 2.20. The summed E-state index contributed by atoms with van der Waals surface area (Å²) in [5, 5.41) is 0.794. The standard InChI is InChI=1S/C13H12ClNO2S/c1-3-17-13-10(14)11(15-18-13)12(16)9-6-4-8(2)5-7-9/h4-7H,3H2,1-2H3. The van der Waals surface area contributed by atoms with Crippen LogP contribution >= 0.6 is 23.1 Å². The Morgan fingerprint density at radius 2 is 2.06 bits per heavy atom. The van der Waals surface area contributed by atoms with E-state index in [0.29, 0.717) is 22.3 Å². The normalized spacial score (nSPS) is 10.4. The third kappa shape index (κ3) is 2.54. The minimum atomic E-state index is -0.179. The number of aryl methyl sites for hydroxylation is 1. The highest BCUT2D eigenvalue weighted by Crippen LogP contribution is 2.33. The van der Waals surface area contributed by atoms with Gasteiger partial charge in [0.2, 0.25) is 10.8 Å². The number of benzene rings is 1. The summed E-state index contributed by atoms with van der Waals surface area (Å²) < 4.78 is 9.36. The molecule has 0 amide bonds. The molecule has 0 unspecified atom stereocenters. The summed E-state index contributed by atoms with van der Waals surface area (Å²) >= 11 is 7.18. The Balaban J connectivity index is 2.31. The van der Waals surface area contributed by atoms with Gasteiger partial charge in [-0.3, -0.25) is 4.79 Å². The van der Waals surface area contributed by atoms with Gasteiger partial charge in [0, 0.05) is 17.1 Å². The van der Waals surface area contributed by atoms with Gasteiger partial charge in [-0.05, 0) is 13.8 Å². The molecular weight excluding hydrogens is 270 g/mol. The minimum Gasteiger partial charge on any atom is -0.482 e. The van der Waals surface area contributed by atoms with Crippen LogP contribution in [0.3, 0.4) is 0 Å². The van der Waals surface area contributed by atoms with Crippen LogP contribution in [0, 0.1) is 6.92 Å². The molecule has 2 rings (SSSR count). The SMILES string of the molecule is CCOc1snc(C(=O)c2ccc(C)cc2)c1Cl. The van der Waals surface area contributed by atoms with E-state index >= 15 is 0 Å². The van der Waals surface area contributed by atoms with E-state index < -0.39 is 0 Å². The molecule has 0 radical (unpaired) electrons. The summed E-state index contributed by atoms with van der Waals surface area (Å²) in [5.41, 5.74) is 1.94. The molecule has 0 N–H and O–H groups in total. The van der Waals surface area contributed by atoms with Crippen molar-refractivity contribution in [2.24, 2.45) is 0 Å². The van der Waals surface area contributed by atoms with E-state index in [4.69, 9.17) is 16.3 Å². The summed E-state index contributed by atoms with van der Waals surface area (Å²) in [4.78, 5) is 12.2. The van der Waals surface area contributed by atoms with Crippen LogP contribution in [-0.2, 0) is 0 Å². The monoisotopic (exact) mass is 281 g/mol. The average Bonchev–Trinajstić information content (AvgIpc) is 2.72. The van der Waals surface area contributed by atoms with Crippen molar-refractivity contribution < 1.29 is 9.53 Å². The lowest BCUT2D eigenvalue weighted by atomic mass is 10.1. The molecular formula is C13H12ClNO2S. The molecule has 0 fully saturated rings. The van der Waals surface area contributed by atoms with Gasteiger partial charge >= 0.3 is 0 Å². The number of hydrogen-bond acceptors (Lipinski definition) is 4. The number of ether oxygens (including phenoxy) is 1. The lowest BCUT2D eigenvalue weighted by Gasteiger charge is -2.00. The molecule has 0 spiro atoms. The van der Waals surface area contributed by atoms with Crippen molar-refractivity contribution in [3.63, 3.8) is 0 Å². The van der Waals surface area contributed by atoms with Crippen LogP contribution in [0.4, 0.5) is 0 Å². The predicted molar refractivity (Wildman–Crippen MR) is 72.9 cm³/mol. The Kier molecular flexibility index (Phi) is 3.99. The number of rotatable bonds is 4. The first kappa shape index (κ1) is 13.1. The molecule has 0 atom stereocenters. The maximum absolute atomic E-state index is 12.2. The van der Waals surface area contributed by atoms with Gasteiger partial charge in [-0.2, -0.15) is 4.37 Å². The van der Waals surface area contributed by atoms with Crippen molar-refractivity contribution >= 4 is 28.9 Å². The van der Waals surface area contributed by atoms with Crippen LogP contribution in [0.15, 0.2) is 24.3 Å². The highest BCUT2D eigenvalue weighted by atomic mass is 35.5. The molecule has 0 aliphatic heterocycles. The van der Waals surface area contributed by atoms with Crippen molar-refractivity contribution in [2.45, 2.75) is 13.8 Å². The van der Waals surface area contributed by atoms with Crippen molar-refractivity contribution in [1.29, 1.82) is 0 Å². The molecule has 1 heterocycles. The quantitative estimate of drug-likeness (QED) is 0.802. The number of carbonyl (C=O) groups is 1. The Morgan fingerprint density at radius 3 is 2.67 bits per heavy atom. The Labute approximate surface area is 115 Å². The van der Waals surface area contributed by atoms with E-state index in [9.17, 15) is 4.79 Å². The molecule has 2 aromatic rings. The molecule has 94 valence electrons. The van der Waals surface area contributed by atoms with Crippen molar-refractivity contribution in [3.8, 4) is 5.06 Å². The number of hydrogen-bond donors (Lipinski definition) is 0.